The second kappa shape index (κ2) is 9.22. The Morgan fingerprint density at radius 3 is 2.52 bits per heavy atom. The van der Waals surface area contributed by atoms with Crippen molar-refractivity contribution in [2.24, 2.45) is 5.92 Å². The molecule has 1 aromatic rings. The average molecular weight is 350 g/mol. The van der Waals surface area contributed by atoms with Crippen LogP contribution in [0.1, 0.15) is 32.8 Å². The molecule has 1 fully saturated rings. The molecule has 0 N–H and O–H groups in total. The van der Waals surface area contributed by atoms with Gasteiger partial charge in [0.2, 0.25) is 0 Å². The maximum atomic E-state index is 6.25. The predicted octanol–water partition coefficient (Wildman–Crippen LogP) is 3.92. The van der Waals surface area contributed by atoms with Crippen LogP contribution < -0.4 is 4.74 Å². The molecule has 25 heavy (non-hydrogen) atoms. The molecule has 1 aromatic carbocycles. The summed E-state index contributed by atoms with van der Waals surface area (Å²) < 4.78 is 28.2. The molecular weight excluding hydrogens is 320 g/mol. The first-order valence-electron chi connectivity index (χ1n) is 8.69. The lowest BCUT2D eigenvalue weighted by molar-refractivity contribution is -0.163. The largest absolute Gasteiger partial charge is 0.505 e. The van der Waals surface area contributed by atoms with E-state index < -0.39 is 5.79 Å². The fourth-order valence-corrected chi connectivity index (χ4v) is 2.93. The Hall–Kier alpha value is -1.56. The lowest BCUT2D eigenvalue weighted by Crippen LogP contribution is -2.37. The molecule has 0 spiro atoms. The zero-order valence-corrected chi connectivity index (χ0v) is 15.9. The molecule has 0 bridgehead atoms. The summed E-state index contributed by atoms with van der Waals surface area (Å²) in [4.78, 5) is 0. The number of hydrogen-bond donors (Lipinski definition) is 0. The van der Waals surface area contributed by atoms with Gasteiger partial charge in [-0.3, -0.25) is 0 Å². The monoisotopic (exact) mass is 350 g/mol. The molecule has 0 unspecified atom stereocenters. The number of benzene rings is 1. The number of ether oxygens (including phenoxy) is 5. The van der Waals surface area contributed by atoms with Crippen molar-refractivity contribution in [3.8, 4) is 5.75 Å². The van der Waals surface area contributed by atoms with Gasteiger partial charge in [0.15, 0.2) is 5.79 Å². The van der Waals surface area contributed by atoms with Crippen molar-refractivity contribution in [2.75, 3.05) is 20.8 Å². The van der Waals surface area contributed by atoms with Crippen LogP contribution in [0, 0.1) is 5.92 Å². The van der Waals surface area contributed by atoms with Gasteiger partial charge in [0, 0.05) is 0 Å². The minimum atomic E-state index is -0.561. The predicted molar refractivity (Wildman–Crippen MR) is 96.4 cm³/mol. The van der Waals surface area contributed by atoms with Gasteiger partial charge < -0.3 is 23.7 Å². The van der Waals surface area contributed by atoms with Gasteiger partial charge in [0.1, 0.15) is 11.9 Å². The first kappa shape index (κ1) is 19.8. The summed E-state index contributed by atoms with van der Waals surface area (Å²) in [6, 6.07) is 7.91. The van der Waals surface area contributed by atoms with E-state index in [2.05, 4.69) is 6.92 Å². The van der Waals surface area contributed by atoms with Gasteiger partial charge in [0.05, 0.1) is 39.8 Å². The Labute approximate surface area is 150 Å². The van der Waals surface area contributed by atoms with Crippen LogP contribution >= 0.6 is 0 Å². The topological polar surface area (TPSA) is 46.2 Å². The van der Waals surface area contributed by atoms with Gasteiger partial charge in [0.25, 0.3) is 0 Å². The van der Waals surface area contributed by atoms with E-state index in [1.165, 1.54) is 0 Å². The maximum Gasteiger partial charge on any atom is 0.163 e. The third kappa shape index (κ3) is 6.03. The van der Waals surface area contributed by atoms with Gasteiger partial charge >= 0.3 is 0 Å². The maximum absolute atomic E-state index is 6.25. The van der Waals surface area contributed by atoms with Gasteiger partial charge in [-0.2, -0.15) is 0 Å². The van der Waals surface area contributed by atoms with E-state index in [9.17, 15) is 0 Å². The van der Waals surface area contributed by atoms with E-state index >= 15 is 0 Å². The molecule has 1 saturated heterocycles. The summed E-state index contributed by atoms with van der Waals surface area (Å²) >= 11 is 0. The van der Waals surface area contributed by atoms with E-state index in [0.717, 1.165) is 17.7 Å². The fraction of sp³-hybridized carbons (Fsp3) is 0.600. The van der Waals surface area contributed by atoms with Gasteiger partial charge in [-0.15, -0.1) is 0 Å². The van der Waals surface area contributed by atoms with E-state index in [1.54, 1.807) is 20.5 Å². The molecule has 0 aliphatic carbocycles. The van der Waals surface area contributed by atoms with Crippen LogP contribution in [-0.2, 0) is 25.6 Å². The van der Waals surface area contributed by atoms with Crippen molar-refractivity contribution in [2.45, 2.75) is 51.8 Å². The Morgan fingerprint density at radius 1 is 1.24 bits per heavy atom. The zero-order chi connectivity index (χ0) is 18.3. The third-order valence-electron chi connectivity index (χ3n) is 4.30. The highest BCUT2D eigenvalue weighted by Crippen LogP contribution is 2.30. The van der Waals surface area contributed by atoms with Crippen molar-refractivity contribution >= 4 is 0 Å². The standard InChI is InChI=1S/C20H30O5/c1-15(7-6-12-21-4)19(18-14-24-20(2,3)25-18)23-13-16-8-10-17(22-5)11-9-16/h6,8-12,15,18-19H,7,13-14H2,1-5H3/b12-6+/t15-,18+,19+/m1/s1. The summed E-state index contributed by atoms with van der Waals surface area (Å²) in [6.07, 6.45) is 4.41. The van der Waals surface area contributed by atoms with Crippen molar-refractivity contribution in [1.29, 1.82) is 0 Å². The zero-order valence-electron chi connectivity index (χ0n) is 15.9. The highest BCUT2D eigenvalue weighted by molar-refractivity contribution is 5.26. The molecular formula is C20H30O5. The SMILES string of the molecule is CO/C=C/C[C@@H](C)[C@H](OCc1ccc(OC)cc1)[C@@H]1COC(C)(C)O1. The van der Waals surface area contributed by atoms with E-state index in [1.807, 2.05) is 44.2 Å². The quantitative estimate of drug-likeness (QED) is 0.632. The van der Waals surface area contributed by atoms with Crippen molar-refractivity contribution < 1.29 is 23.7 Å². The van der Waals surface area contributed by atoms with E-state index in [4.69, 9.17) is 23.7 Å². The normalized spacial score (nSPS) is 22.0. The highest BCUT2D eigenvalue weighted by Gasteiger charge is 2.39. The summed E-state index contributed by atoms with van der Waals surface area (Å²) in [7, 11) is 3.31. The van der Waals surface area contributed by atoms with Gasteiger partial charge in [-0.1, -0.05) is 19.1 Å². The lowest BCUT2D eigenvalue weighted by atomic mass is 9.96. The van der Waals surface area contributed by atoms with Crippen LogP contribution in [0.5, 0.6) is 5.75 Å². The molecule has 1 aliphatic rings. The molecule has 0 amide bonds. The number of methoxy groups -OCH3 is 2. The van der Waals surface area contributed by atoms with E-state index in [-0.39, 0.29) is 18.1 Å². The minimum absolute atomic E-state index is 0.0645. The van der Waals surface area contributed by atoms with Crippen molar-refractivity contribution in [1.82, 2.24) is 0 Å². The summed E-state index contributed by atoms with van der Waals surface area (Å²) in [5, 5.41) is 0. The summed E-state index contributed by atoms with van der Waals surface area (Å²) in [5.41, 5.74) is 1.10. The van der Waals surface area contributed by atoms with Gasteiger partial charge in [-0.25, -0.2) is 0 Å². The Bertz CT molecular complexity index is 538. The Kier molecular flexibility index (Phi) is 7.29. The Morgan fingerprint density at radius 2 is 1.96 bits per heavy atom. The van der Waals surface area contributed by atoms with Crippen LogP contribution in [0.2, 0.25) is 0 Å². The third-order valence-corrected chi connectivity index (χ3v) is 4.30. The second-order valence-corrected chi connectivity index (χ2v) is 6.81. The van der Waals surface area contributed by atoms with Crippen LogP contribution in [0.15, 0.2) is 36.6 Å². The first-order valence-corrected chi connectivity index (χ1v) is 8.69. The van der Waals surface area contributed by atoms with E-state index in [0.29, 0.717) is 13.2 Å². The molecule has 140 valence electrons. The minimum Gasteiger partial charge on any atom is -0.505 e. The van der Waals surface area contributed by atoms with Crippen LogP contribution in [-0.4, -0.2) is 38.8 Å². The van der Waals surface area contributed by atoms with Gasteiger partial charge in [-0.05, 0) is 50.0 Å². The van der Waals surface area contributed by atoms with Crippen LogP contribution in [0.4, 0.5) is 0 Å². The molecule has 0 radical (unpaired) electrons. The molecule has 0 aromatic heterocycles. The average Bonchev–Trinajstić information content (AvgIpc) is 2.95. The molecule has 5 nitrogen and oxygen atoms in total. The number of allylic oxidation sites excluding steroid dienone is 1. The lowest BCUT2D eigenvalue weighted by Gasteiger charge is -2.29. The summed E-state index contributed by atoms with van der Waals surface area (Å²) in [5.74, 6) is 0.550. The molecule has 5 heteroatoms. The number of hydrogen-bond acceptors (Lipinski definition) is 5. The fourth-order valence-electron chi connectivity index (χ4n) is 2.93. The Balaban J connectivity index is 2.01. The molecule has 0 saturated carbocycles. The smallest absolute Gasteiger partial charge is 0.163 e. The summed E-state index contributed by atoms with van der Waals surface area (Å²) in [6.45, 7) is 7.09. The van der Waals surface area contributed by atoms with Crippen LogP contribution in [0.25, 0.3) is 0 Å². The van der Waals surface area contributed by atoms with Crippen molar-refractivity contribution in [3.05, 3.63) is 42.2 Å². The molecule has 1 aliphatic heterocycles. The molecule has 1 heterocycles. The second-order valence-electron chi connectivity index (χ2n) is 6.81. The highest BCUT2D eigenvalue weighted by atomic mass is 16.7. The first-order chi connectivity index (χ1) is 11.9. The molecule has 2 rings (SSSR count). The van der Waals surface area contributed by atoms with Crippen molar-refractivity contribution in [3.63, 3.8) is 0 Å². The van der Waals surface area contributed by atoms with Crippen LogP contribution in [0.3, 0.4) is 0 Å². The number of rotatable bonds is 9. The molecule has 3 atom stereocenters.